The minimum Gasteiger partial charge on any atom is -0.507 e. The second-order valence-corrected chi connectivity index (χ2v) is 6.76. The zero-order chi connectivity index (χ0) is 19.5. The number of phenols is 1. The predicted octanol–water partition coefficient (Wildman–Crippen LogP) is 2.23. The van der Waals surface area contributed by atoms with Crippen molar-refractivity contribution in [3.63, 3.8) is 0 Å². The fraction of sp³-hybridized carbons (Fsp3) is 0.133. The summed E-state index contributed by atoms with van der Waals surface area (Å²) in [7, 11) is -4.12. The SMILES string of the molecule is NC(=O)c1cc(S(=O)(=O)Nc2ccc(OCC(F)(F)F)cc2)ccc1O. The minimum absolute atomic E-state index is 0.0538. The van der Waals surface area contributed by atoms with Gasteiger partial charge >= 0.3 is 6.18 Å². The van der Waals surface area contributed by atoms with E-state index in [1.807, 2.05) is 0 Å². The Morgan fingerprint density at radius 1 is 1.15 bits per heavy atom. The predicted molar refractivity (Wildman–Crippen MR) is 85.4 cm³/mol. The summed E-state index contributed by atoms with van der Waals surface area (Å²) in [5.41, 5.74) is 4.73. The zero-order valence-corrected chi connectivity index (χ0v) is 13.8. The second kappa shape index (κ2) is 7.12. The third-order valence-corrected chi connectivity index (χ3v) is 4.43. The van der Waals surface area contributed by atoms with Crippen LogP contribution in [0.15, 0.2) is 47.4 Å². The van der Waals surface area contributed by atoms with Crippen LogP contribution in [0.3, 0.4) is 0 Å². The molecule has 0 spiro atoms. The van der Waals surface area contributed by atoms with Crippen molar-refractivity contribution in [3.8, 4) is 11.5 Å². The van der Waals surface area contributed by atoms with Crippen molar-refractivity contribution < 1.29 is 36.2 Å². The molecule has 0 aliphatic heterocycles. The van der Waals surface area contributed by atoms with Crippen LogP contribution >= 0.6 is 0 Å². The Labute approximate surface area is 146 Å². The van der Waals surface area contributed by atoms with E-state index in [0.717, 1.165) is 30.3 Å². The molecule has 1 amide bonds. The molecule has 0 aliphatic rings. The summed E-state index contributed by atoms with van der Waals surface area (Å²) in [4.78, 5) is 10.8. The van der Waals surface area contributed by atoms with Crippen LogP contribution < -0.4 is 15.2 Å². The lowest BCUT2D eigenvalue weighted by Gasteiger charge is -2.11. The van der Waals surface area contributed by atoms with Gasteiger partial charge in [-0.15, -0.1) is 0 Å². The van der Waals surface area contributed by atoms with Gasteiger partial charge in [0.25, 0.3) is 15.9 Å². The fourth-order valence-electron chi connectivity index (χ4n) is 1.88. The van der Waals surface area contributed by atoms with E-state index < -0.39 is 34.5 Å². The van der Waals surface area contributed by atoms with Crippen LogP contribution in [-0.4, -0.2) is 32.2 Å². The van der Waals surface area contributed by atoms with Gasteiger partial charge in [-0.2, -0.15) is 13.2 Å². The number of rotatable bonds is 6. The number of nitrogens with two attached hydrogens (primary N) is 1. The van der Waals surface area contributed by atoms with Crippen LogP contribution in [0.5, 0.6) is 11.5 Å². The lowest BCUT2D eigenvalue weighted by Crippen LogP contribution is -2.19. The number of sulfonamides is 1. The molecular weight excluding hydrogens is 377 g/mol. The molecule has 0 saturated carbocycles. The molecule has 4 N–H and O–H groups in total. The lowest BCUT2D eigenvalue weighted by atomic mass is 10.2. The van der Waals surface area contributed by atoms with Crippen LogP contribution in [0.4, 0.5) is 18.9 Å². The van der Waals surface area contributed by atoms with Crippen LogP contribution in [0.2, 0.25) is 0 Å². The first-order valence-electron chi connectivity index (χ1n) is 6.93. The van der Waals surface area contributed by atoms with E-state index in [1.54, 1.807) is 0 Å². The number of amides is 1. The van der Waals surface area contributed by atoms with Crippen LogP contribution in [0.1, 0.15) is 10.4 Å². The summed E-state index contributed by atoms with van der Waals surface area (Å²) >= 11 is 0. The number of hydrogen-bond acceptors (Lipinski definition) is 5. The topological polar surface area (TPSA) is 119 Å². The molecular formula is C15H13F3N2O5S. The molecule has 2 aromatic carbocycles. The summed E-state index contributed by atoms with van der Waals surface area (Å²) in [5.74, 6) is -1.57. The summed E-state index contributed by atoms with van der Waals surface area (Å²) < 4.78 is 67.5. The van der Waals surface area contributed by atoms with Crippen molar-refractivity contribution in [2.75, 3.05) is 11.3 Å². The third kappa shape index (κ3) is 5.02. The Bertz CT molecular complexity index is 912. The number of benzene rings is 2. The van der Waals surface area contributed by atoms with E-state index in [2.05, 4.69) is 9.46 Å². The molecule has 11 heteroatoms. The Morgan fingerprint density at radius 2 is 1.77 bits per heavy atom. The maximum absolute atomic E-state index is 12.3. The van der Waals surface area contributed by atoms with Crippen molar-refractivity contribution in [2.24, 2.45) is 5.73 Å². The lowest BCUT2D eigenvalue weighted by molar-refractivity contribution is -0.153. The highest BCUT2D eigenvalue weighted by atomic mass is 32.2. The zero-order valence-electron chi connectivity index (χ0n) is 12.9. The monoisotopic (exact) mass is 390 g/mol. The quantitative estimate of drug-likeness (QED) is 0.699. The molecule has 0 atom stereocenters. The van der Waals surface area contributed by atoms with E-state index in [1.165, 1.54) is 12.1 Å². The molecule has 2 aromatic rings. The van der Waals surface area contributed by atoms with Gasteiger partial charge < -0.3 is 15.6 Å². The van der Waals surface area contributed by atoms with Crippen molar-refractivity contribution in [1.82, 2.24) is 0 Å². The number of carbonyl (C=O) groups excluding carboxylic acids is 1. The molecule has 0 saturated heterocycles. The van der Waals surface area contributed by atoms with Crippen LogP contribution in [-0.2, 0) is 10.0 Å². The highest BCUT2D eigenvalue weighted by Crippen LogP contribution is 2.24. The molecule has 0 aliphatic carbocycles. The number of primary amides is 1. The molecule has 2 rings (SSSR count). The number of carbonyl (C=O) groups is 1. The third-order valence-electron chi connectivity index (χ3n) is 3.05. The van der Waals surface area contributed by atoms with Crippen LogP contribution in [0, 0.1) is 0 Å². The van der Waals surface area contributed by atoms with Gasteiger partial charge in [0.15, 0.2) is 6.61 Å². The highest BCUT2D eigenvalue weighted by Gasteiger charge is 2.28. The first-order chi connectivity index (χ1) is 12.0. The minimum atomic E-state index is -4.49. The molecule has 26 heavy (non-hydrogen) atoms. The second-order valence-electron chi connectivity index (χ2n) is 5.08. The standard InChI is InChI=1S/C15H13F3N2O5S/c16-15(17,18)8-25-10-3-1-9(2-4-10)20-26(23,24)11-5-6-13(21)12(7-11)14(19)22/h1-7,20-21H,8H2,(H2,19,22). The number of alkyl halides is 3. The van der Waals surface area contributed by atoms with Gasteiger partial charge in [0.05, 0.1) is 10.5 Å². The summed E-state index contributed by atoms with van der Waals surface area (Å²) in [6, 6.07) is 7.70. The van der Waals surface area contributed by atoms with E-state index in [0.29, 0.717) is 0 Å². The van der Waals surface area contributed by atoms with Gasteiger partial charge in [-0.1, -0.05) is 0 Å². The largest absolute Gasteiger partial charge is 0.507 e. The van der Waals surface area contributed by atoms with Gasteiger partial charge in [-0.25, -0.2) is 8.42 Å². The molecule has 0 aromatic heterocycles. The highest BCUT2D eigenvalue weighted by molar-refractivity contribution is 7.92. The van der Waals surface area contributed by atoms with Gasteiger partial charge in [0.1, 0.15) is 11.5 Å². The number of aromatic hydroxyl groups is 1. The number of hydrogen-bond donors (Lipinski definition) is 3. The summed E-state index contributed by atoms with van der Waals surface area (Å²) in [6.45, 7) is -1.47. The molecule has 0 radical (unpaired) electrons. The van der Waals surface area contributed by atoms with Crippen molar-refractivity contribution in [3.05, 3.63) is 48.0 Å². The number of nitrogens with one attached hydrogen (secondary N) is 1. The van der Waals surface area contributed by atoms with Crippen molar-refractivity contribution in [1.29, 1.82) is 0 Å². The maximum Gasteiger partial charge on any atom is 0.422 e. The number of ether oxygens (including phenoxy) is 1. The van der Waals surface area contributed by atoms with Crippen LogP contribution in [0.25, 0.3) is 0 Å². The fourth-order valence-corrected chi connectivity index (χ4v) is 2.96. The average molecular weight is 390 g/mol. The smallest absolute Gasteiger partial charge is 0.422 e. The Balaban J connectivity index is 2.17. The summed E-state index contributed by atoms with van der Waals surface area (Å²) in [6.07, 6.45) is -4.49. The number of halogens is 3. The molecule has 7 nitrogen and oxygen atoms in total. The first kappa shape index (κ1) is 19.4. The Hall–Kier alpha value is -2.95. The number of anilines is 1. The van der Waals surface area contributed by atoms with E-state index in [-0.39, 0.29) is 21.9 Å². The summed E-state index contributed by atoms with van der Waals surface area (Å²) in [5, 5.41) is 9.49. The maximum atomic E-state index is 12.3. The average Bonchev–Trinajstić information content (AvgIpc) is 2.53. The van der Waals surface area contributed by atoms with E-state index >= 15 is 0 Å². The van der Waals surface area contributed by atoms with E-state index in [9.17, 15) is 31.5 Å². The Kier molecular flexibility index (Phi) is 5.30. The molecule has 0 fully saturated rings. The molecule has 0 bridgehead atoms. The van der Waals surface area contributed by atoms with Gasteiger partial charge in [0, 0.05) is 5.69 Å². The van der Waals surface area contributed by atoms with Gasteiger partial charge in [-0.05, 0) is 42.5 Å². The molecule has 140 valence electrons. The Morgan fingerprint density at radius 3 is 2.31 bits per heavy atom. The van der Waals surface area contributed by atoms with Gasteiger partial charge in [-0.3, -0.25) is 9.52 Å². The normalized spacial score (nSPS) is 11.8. The van der Waals surface area contributed by atoms with Gasteiger partial charge in [0.2, 0.25) is 0 Å². The molecule has 0 heterocycles. The van der Waals surface area contributed by atoms with E-state index in [4.69, 9.17) is 5.73 Å². The first-order valence-corrected chi connectivity index (χ1v) is 8.41. The van der Waals surface area contributed by atoms with Crippen molar-refractivity contribution in [2.45, 2.75) is 11.1 Å². The molecule has 0 unspecified atom stereocenters. The van der Waals surface area contributed by atoms with Crippen molar-refractivity contribution >= 4 is 21.6 Å².